The molecule has 18 heavy (non-hydrogen) atoms. The Morgan fingerprint density at radius 1 is 1.17 bits per heavy atom. The number of benzene rings is 1. The van der Waals surface area contributed by atoms with Gasteiger partial charge in [0.2, 0.25) is 0 Å². The lowest BCUT2D eigenvalue weighted by Crippen LogP contribution is -2.45. The van der Waals surface area contributed by atoms with Crippen LogP contribution in [0.15, 0.2) is 18.2 Å². The molecule has 2 aliphatic rings. The fraction of sp³-hybridized carbons (Fsp3) is 0.571. The number of nitrogens with two attached hydrogens (primary N) is 1. The zero-order valence-corrected chi connectivity index (χ0v) is 11.1. The molecule has 2 heterocycles. The predicted molar refractivity (Wildman–Crippen MR) is 73.9 cm³/mol. The summed E-state index contributed by atoms with van der Waals surface area (Å²) in [6.45, 7) is 7.13. The van der Waals surface area contributed by atoms with E-state index in [1.54, 1.807) is 0 Å². The summed E-state index contributed by atoms with van der Waals surface area (Å²) >= 11 is 0. The van der Waals surface area contributed by atoms with E-state index in [1.165, 1.54) is 16.9 Å². The lowest BCUT2D eigenvalue weighted by molar-refractivity contribution is -0.00525. The van der Waals surface area contributed by atoms with Crippen molar-refractivity contribution in [1.82, 2.24) is 0 Å². The van der Waals surface area contributed by atoms with Crippen molar-refractivity contribution in [2.24, 2.45) is 5.84 Å². The quantitative estimate of drug-likeness (QED) is 0.764. The molecule has 0 aliphatic carbocycles. The molecule has 2 aliphatic heterocycles. The van der Waals surface area contributed by atoms with Crippen LogP contribution < -0.4 is 15.8 Å². The van der Waals surface area contributed by atoms with Gasteiger partial charge in [0, 0.05) is 30.9 Å². The Balaban J connectivity index is 1.93. The molecule has 0 amide bonds. The first-order valence-corrected chi connectivity index (χ1v) is 6.69. The van der Waals surface area contributed by atoms with E-state index in [0.29, 0.717) is 12.2 Å². The third kappa shape index (κ3) is 1.95. The smallest absolute Gasteiger partial charge is 0.0726 e. The van der Waals surface area contributed by atoms with Gasteiger partial charge in [0.1, 0.15) is 0 Å². The summed E-state index contributed by atoms with van der Waals surface area (Å²) < 4.78 is 5.80. The van der Waals surface area contributed by atoms with Crippen LogP contribution in [0.3, 0.4) is 0 Å². The molecule has 0 radical (unpaired) electrons. The van der Waals surface area contributed by atoms with Crippen molar-refractivity contribution in [3.63, 3.8) is 0 Å². The van der Waals surface area contributed by atoms with Gasteiger partial charge in [0.15, 0.2) is 0 Å². The van der Waals surface area contributed by atoms with Crippen molar-refractivity contribution in [2.45, 2.75) is 32.5 Å². The second-order valence-electron chi connectivity index (χ2n) is 5.38. The third-order valence-electron chi connectivity index (χ3n) is 3.80. The van der Waals surface area contributed by atoms with Crippen LogP contribution in [0.1, 0.15) is 19.4 Å². The number of nitrogens with zero attached hydrogens (tertiary/aromatic N) is 2. The van der Waals surface area contributed by atoms with Crippen LogP contribution in [-0.2, 0) is 11.2 Å². The minimum atomic E-state index is 0.292. The van der Waals surface area contributed by atoms with Crippen LogP contribution in [-0.4, -0.2) is 31.8 Å². The summed E-state index contributed by atoms with van der Waals surface area (Å²) in [5.74, 6) is 5.99. The highest BCUT2D eigenvalue weighted by Gasteiger charge is 2.27. The Bertz CT molecular complexity index is 439. The largest absolute Gasteiger partial charge is 0.372 e. The highest BCUT2D eigenvalue weighted by Crippen LogP contribution is 2.35. The first-order valence-electron chi connectivity index (χ1n) is 6.69. The summed E-state index contributed by atoms with van der Waals surface area (Å²) in [6, 6.07) is 6.42. The van der Waals surface area contributed by atoms with Gasteiger partial charge >= 0.3 is 0 Å². The molecule has 0 saturated carbocycles. The second kappa shape index (κ2) is 4.44. The topological polar surface area (TPSA) is 41.7 Å². The van der Waals surface area contributed by atoms with Crippen LogP contribution in [0.5, 0.6) is 0 Å². The summed E-state index contributed by atoms with van der Waals surface area (Å²) in [5, 5.41) is 1.85. The molecule has 1 aromatic carbocycles. The molecule has 0 spiro atoms. The molecule has 98 valence electrons. The molecule has 1 aromatic rings. The zero-order valence-electron chi connectivity index (χ0n) is 11.1. The molecular weight excluding hydrogens is 226 g/mol. The number of rotatable bonds is 1. The molecule has 0 bridgehead atoms. The van der Waals surface area contributed by atoms with Crippen LogP contribution in [0, 0.1) is 0 Å². The Labute approximate surface area is 108 Å². The molecule has 3 rings (SSSR count). The molecule has 2 atom stereocenters. The minimum Gasteiger partial charge on any atom is -0.372 e. The molecule has 4 nitrogen and oxygen atoms in total. The highest BCUT2D eigenvalue weighted by molar-refractivity contribution is 5.70. The van der Waals surface area contributed by atoms with E-state index in [2.05, 4.69) is 36.9 Å². The standard InChI is InChI=1S/C14H21N3O/c1-10-8-16(9-11(2)18-10)13-4-3-5-14-12(13)6-7-17(14)15/h3-5,10-11H,6-9,15H2,1-2H3. The number of hydrogen-bond donors (Lipinski definition) is 1. The van der Waals surface area contributed by atoms with Crippen molar-refractivity contribution in [2.75, 3.05) is 29.5 Å². The Kier molecular flexibility index (Phi) is 2.92. The second-order valence-corrected chi connectivity index (χ2v) is 5.38. The molecule has 1 saturated heterocycles. The third-order valence-corrected chi connectivity index (χ3v) is 3.80. The number of anilines is 2. The maximum Gasteiger partial charge on any atom is 0.0726 e. The van der Waals surface area contributed by atoms with Crippen LogP contribution in [0.4, 0.5) is 11.4 Å². The van der Waals surface area contributed by atoms with Crippen molar-refractivity contribution in [3.05, 3.63) is 23.8 Å². The van der Waals surface area contributed by atoms with E-state index in [0.717, 1.165) is 26.1 Å². The Morgan fingerprint density at radius 2 is 1.83 bits per heavy atom. The van der Waals surface area contributed by atoms with Crippen LogP contribution >= 0.6 is 0 Å². The number of ether oxygens (including phenoxy) is 1. The molecular formula is C14H21N3O. The SMILES string of the molecule is CC1CN(c2cccc3c2CCN3N)CC(C)O1. The van der Waals surface area contributed by atoms with E-state index in [1.807, 2.05) is 5.01 Å². The molecule has 2 unspecified atom stereocenters. The van der Waals surface area contributed by atoms with Gasteiger partial charge in [-0.1, -0.05) is 6.07 Å². The highest BCUT2D eigenvalue weighted by atomic mass is 16.5. The monoisotopic (exact) mass is 247 g/mol. The maximum atomic E-state index is 5.99. The van der Waals surface area contributed by atoms with Gasteiger partial charge in [0.05, 0.1) is 17.9 Å². The fourth-order valence-corrected chi connectivity index (χ4v) is 3.11. The van der Waals surface area contributed by atoms with Gasteiger partial charge in [-0.05, 0) is 32.4 Å². The lowest BCUT2D eigenvalue weighted by Gasteiger charge is -2.37. The summed E-state index contributed by atoms with van der Waals surface area (Å²) in [7, 11) is 0. The maximum absolute atomic E-state index is 5.99. The van der Waals surface area contributed by atoms with Crippen molar-refractivity contribution in [1.29, 1.82) is 0 Å². The normalized spacial score (nSPS) is 27.5. The Morgan fingerprint density at radius 3 is 2.56 bits per heavy atom. The first-order chi connectivity index (χ1) is 8.65. The van der Waals surface area contributed by atoms with Crippen molar-refractivity contribution >= 4 is 11.4 Å². The van der Waals surface area contributed by atoms with Gasteiger partial charge in [-0.2, -0.15) is 0 Å². The zero-order chi connectivity index (χ0) is 12.7. The fourth-order valence-electron chi connectivity index (χ4n) is 3.11. The molecule has 4 heteroatoms. The van der Waals surface area contributed by atoms with Gasteiger partial charge in [0.25, 0.3) is 0 Å². The van der Waals surface area contributed by atoms with E-state index >= 15 is 0 Å². The number of hydrazine groups is 1. The van der Waals surface area contributed by atoms with Gasteiger partial charge < -0.3 is 14.6 Å². The van der Waals surface area contributed by atoms with E-state index < -0.39 is 0 Å². The van der Waals surface area contributed by atoms with E-state index in [9.17, 15) is 0 Å². The number of hydrogen-bond acceptors (Lipinski definition) is 4. The molecule has 2 N–H and O–H groups in total. The van der Waals surface area contributed by atoms with Crippen molar-refractivity contribution < 1.29 is 4.74 Å². The van der Waals surface area contributed by atoms with Gasteiger partial charge in [-0.15, -0.1) is 0 Å². The summed E-state index contributed by atoms with van der Waals surface area (Å²) in [4.78, 5) is 2.44. The van der Waals surface area contributed by atoms with Gasteiger partial charge in [-0.3, -0.25) is 0 Å². The minimum absolute atomic E-state index is 0.292. The predicted octanol–water partition coefficient (Wildman–Crippen LogP) is 1.54. The average Bonchev–Trinajstić information content (AvgIpc) is 2.70. The molecule has 1 fully saturated rings. The van der Waals surface area contributed by atoms with E-state index in [-0.39, 0.29) is 0 Å². The summed E-state index contributed by atoms with van der Waals surface area (Å²) in [5.41, 5.74) is 3.91. The first kappa shape index (κ1) is 11.8. The van der Waals surface area contributed by atoms with Crippen molar-refractivity contribution in [3.8, 4) is 0 Å². The van der Waals surface area contributed by atoms with Crippen LogP contribution in [0.25, 0.3) is 0 Å². The molecule has 0 aromatic heterocycles. The average molecular weight is 247 g/mol. The van der Waals surface area contributed by atoms with E-state index in [4.69, 9.17) is 10.6 Å². The Hall–Kier alpha value is -1.26. The number of fused-ring (bicyclic) bond motifs is 1. The van der Waals surface area contributed by atoms with Gasteiger partial charge in [-0.25, -0.2) is 5.84 Å². The van der Waals surface area contributed by atoms with Crippen LogP contribution in [0.2, 0.25) is 0 Å². The lowest BCUT2D eigenvalue weighted by atomic mass is 10.1. The number of morpholine rings is 1. The summed E-state index contributed by atoms with van der Waals surface area (Å²) in [6.07, 6.45) is 1.63.